The van der Waals surface area contributed by atoms with Gasteiger partial charge in [-0.25, -0.2) is 4.79 Å². The third-order valence-electron chi connectivity index (χ3n) is 2.44. The lowest BCUT2D eigenvalue weighted by Gasteiger charge is -1.95. The van der Waals surface area contributed by atoms with E-state index in [1.807, 2.05) is 0 Å². The average molecular weight is 236 g/mol. The van der Waals surface area contributed by atoms with Crippen LogP contribution in [0.3, 0.4) is 0 Å². The summed E-state index contributed by atoms with van der Waals surface area (Å²) in [6.07, 6.45) is 3.54. The van der Waals surface area contributed by atoms with Gasteiger partial charge in [-0.1, -0.05) is 6.08 Å². The molecular formula is C12H16N2O3. The number of carbonyl (C=O) groups excluding carboxylic acids is 1. The Balaban J connectivity index is 2.82. The number of H-pyrrole nitrogens is 1. The van der Waals surface area contributed by atoms with Gasteiger partial charge in [0.25, 0.3) is 0 Å². The smallest absolute Gasteiger partial charge is 0.337 e. The van der Waals surface area contributed by atoms with Gasteiger partial charge in [0.05, 0.1) is 5.56 Å². The van der Waals surface area contributed by atoms with E-state index in [4.69, 9.17) is 5.11 Å². The van der Waals surface area contributed by atoms with Gasteiger partial charge in [0.2, 0.25) is 5.91 Å². The molecule has 5 nitrogen and oxygen atoms in total. The molecule has 17 heavy (non-hydrogen) atoms. The fourth-order valence-electron chi connectivity index (χ4n) is 1.64. The van der Waals surface area contributed by atoms with E-state index >= 15 is 0 Å². The van der Waals surface area contributed by atoms with Gasteiger partial charge in [-0.05, 0) is 25.5 Å². The minimum atomic E-state index is -0.933. The lowest BCUT2D eigenvalue weighted by Crippen LogP contribution is -2.19. The third kappa shape index (κ3) is 3.21. The monoisotopic (exact) mass is 236 g/mol. The molecular weight excluding hydrogens is 220 g/mol. The minimum absolute atomic E-state index is 0.0970. The van der Waals surface area contributed by atoms with Crippen LogP contribution in [0, 0.1) is 13.8 Å². The van der Waals surface area contributed by atoms with Crippen LogP contribution < -0.4 is 5.32 Å². The maximum Gasteiger partial charge on any atom is 0.337 e. The number of aromatic carboxylic acids is 1. The molecule has 0 aliphatic rings. The van der Waals surface area contributed by atoms with Crippen molar-refractivity contribution < 1.29 is 14.7 Å². The minimum Gasteiger partial charge on any atom is -0.478 e. The van der Waals surface area contributed by atoms with Gasteiger partial charge in [-0.15, -0.1) is 0 Å². The molecule has 0 aromatic carbocycles. The van der Waals surface area contributed by atoms with Crippen molar-refractivity contribution in [3.63, 3.8) is 0 Å². The Morgan fingerprint density at radius 1 is 1.41 bits per heavy atom. The standard InChI is InChI=1S/C12H16N2O3/c1-7-10(5-4-6-13-9(3)15)14-8(2)11(7)12(16)17/h4-5,14H,6H2,1-3H3,(H,13,15)(H,16,17). The van der Waals surface area contributed by atoms with Crippen LogP contribution in [0.2, 0.25) is 0 Å². The zero-order chi connectivity index (χ0) is 13.0. The normalized spacial score (nSPS) is 10.8. The molecule has 0 bridgehead atoms. The number of carboxylic acids is 1. The maximum absolute atomic E-state index is 11.0. The molecule has 0 aliphatic carbocycles. The van der Waals surface area contributed by atoms with E-state index in [-0.39, 0.29) is 5.91 Å². The molecule has 0 unspecified atom stereocenters. The summed E-state index contributed by atoms with van der Waals surface area (Å²) in [4.78, 5) is 24.6. The van der Waals surface area contributed by atoms with Crippen LogP contribution in [0.4, 0.5) is 0 Å². The van der Waals surface area contributed by atoms with Crippen LogP contribution in [0.25, 0.3) is 6.08 Å². The summed E-state index contributed by atoms with van der Waals surface area (Å²) in [5.41, 5.74) is 2.40. The van der Waals surface area contributed by atoms with Crippen molar-refractivity contribution >= 4 is 18.0 Å². The number of aryl methyl sites for hydroxylation is 1. The molecule has 0 fully saturated rings. The van der Waals surface area contributed by atoms with Gasteiger partial charge < -0.3 is 15.4 Å². The first-order valence-electron chi connectivity index (χ1n) is 5.27. The predicted molar refractivity (Wildman–Crippen MR) is 64.9 cm³/mol. The number of aromatic amines is 1. The van der Waals surface area contributed by atoms with Crippen molar-refractivity contribution in [2.24, 2.45) is 0 Å². The summed E-state index contributed by atoms with van der Waals surface area (Å²) in [5.74, 6) is -1.03. The summed E-state index contributed by atoms with van der Waals surface area (Å²) >= 11 is 0. The second-order valence-corrected chi connectivity index (χ2v) is 3.81. The van der Waals surface area contributed by atoms with Gasteiger partial charge in [-0.2, -0.15) is 0 Å². The number of hydrogen-bond acceptors (Lipinski definition) is 2. The lowest BCUT2D eigenvalue weighted by molar-refractivity contribution is -0.118. The Hall–Kier alpha value is -2.04. The third-order valence-corrected chi connectivity index (χ3v) is 2.44. The molecule has 0 aliphatic heterocycles. The molecule has 0 saturated heterocycles. The maximum atomic E-state index is 11.0. The van der Waals surface area contributed by atoms with Crippen LogP contribution in [0.15, 0.2) is 6.08 Å². The van der Waals surface area contributed by atoms with E-state index in [9.17, 15) is 9.59 Å². The summed E-state index contributed by atoms with van der Waals surface area (Å²) < 4.78 is 0. The Morgan fingerprint density at radius 3 is 2.53 bits per heavy atom. The second kappa shape index (κ2) is 5.34. The number of nitrogens with one attached hydrogen (secondary N) is 2. The number of carboxylic acid groups (broad SMARTS) is 1. The molecule has 3 N–H and O–H groups in total. The molecule has 1 amide bonds. The molecule has 0 radical (unpaired) electrons. The van der Waals surface area contributed by atoms with E-state index in [1.165, 1.54) is 6.92 Å². The highest BCUT2D eigenvalue weighted by molar-refractivity contribution is 5.92. The summed E-state index contributed by atoms with van der Waals surface area (Å²) in [6.45, 7) is 5.35. The SMILES string of the molecule is CC(=O)NCC=Cc1[nH]c(C)c(C(=O)O)c1C. The largest absolute Gasteiger partial charge is 0.478 e. The number of aromatic nitrogens is 1. The molecule has 1 rings (SSSR count). The van der Waals surface area contributed by atoms with Gasteiger partial charge in [0, 0.05) is 24.9 Å². The summed E-state index contributed by atoms with van der Waals surface area (Å²) in [7, 11) is 0. The van der Waals surface area contributed by atoms with E-state index in [0.29, 0.717) is 23.4 Å². The molecule has 5 heteroatoms. The Kier molecular flexibility index (Phi) is 4.09. The zero-order valence-electron chi connectivity index (χ0n) is 10.1. The van der Waals surface area contributed by atoms with Gasteiger partial charge in [0.15, 0.2) is 0 Å². The quantitative estimate of drug-likeness (QED) is 0.740. The Bertz CT molecular complexity index is 472. The first-order valence-corrected chi connectivity index (χ1v) is 5.27. The van der Waals surface area contributed by atoms with Crippen molar-refractivity contribution in [1.29, 1.82) is 0 Å². The van der Waals surface area contributed by atoms with Crippen LogP contribution in [0.1, 0.15) is 34.2 Å². The Labute approximate surface area is 99.5 Å². The molecule has 1 heterocycles. The van der Waals surface area contributed by atoms with Gasteiger partial charge in [0.1, 0.15) is 0 Å². The Morgan fingerprint density at radius 2 is 2.06 bits per heavy atom. The van der Waals surface area contributed by atoms with Crippen molar-refractivity contribution in [1.82, 2.24) is 10.3 Å². The summed E-state index contributed by atoms with van der Waals surface area (Å²) in [6, 6.07) is 0. The number of amides is 1. The highest BCUT2D eigenvalue weighted by Gasteiger charge is 2.15. The van der Waals surface area contributed by atoms with Gasteiger partial charge in [-0.3, -0.25) is 4.79 Å². The van der Waals surface area contributed by atoms with Crippen LogP contribution in [0.5, 0.6) is 0 Å². The van der Waals surface area contributed by atoms with Gasteiger partial charge >= 0.3 is 5.97 Å². The first kappa shape index (κ1) is 13.0. The fraction of sp³-hybridized carbons (Fsp3) is 0.333. The van der Waals surface area contributed by atoms with Crippen molar-refractivity contribution in [3.05, 3.63) is 28.6 Å². The lowest BCUT2D eigenvalue weighted by atomic mass is 10.1. The first-order chi connectivity index (χ1) is 7.93. The topological polar surface area (TPSA) is 82.2 Å². The number of rotatable bonds is 4. The molecule has 0 spiro atoms. The van der Waals surface area contributed by atoms with Crippen molar-refractivity contribution in [2.45, 2.75) is 20.8 Å². The van der Waals surface area contributed by atoms with E-state index in [1.54, 1.807) is 26.0 Å². The molecule has 1 aromatic heterocycles. The zero-order valence-corrected chi connectivity index (χ0v) is 10.1. The van der Waals surface area contributed by atoms with Crippen molar-refractivity contribution in [3.8, 4) is 0 Å². The van der Waals surface area contributed by atoms with E-state index < -0.39 is 5.97 Å². The number of hydrogen-bond donors (Lipinski definition) is 3. The van der Waals surface area contributed by atoms with Crippen LogP contribution >= 0.6 is 0 Å². The highest BCUT2D eigenvalue weighted by atomic mass is 16.4. The number of carbonyl (C=O) groups is 2. The average Bonchev–Trinajstić information content (AvgIpc) is 2.48. The van der Waals surface area contributed by atoms with Crippen LogP contribution in [-0.2, 0) is 4.79 Å². The van der Waals surface area contributed by atoms with Crippen molar-refractivity contribution in [2.75, 3.05) is 6.54 Å². The predicted octanol–water partition coefficient (Wildman–Crippen LogP) is 1.48. The van der Waals surface area contributed by atoms with E-state index in [0.717, 1.165) is 5.69 Å². The molecule has 0 saturated carbocycles. The van der Waals surface area contributed by atoms with E-state index in [2.05, 4.69) is 10.3 Å². The molecule has 92 valence electrons. The molecule has 1 aromatic rings. The fourth-order valence-corrected chi connectivity index (χ4v) is 1.64. The highest BCUT2D eigenvalue weighted by Crippen LogP contribution is 2.18. The molecule has 0 atom stereocenters. The summed E-state index contributed by atoms with van der Waals surface area (Å²) in [5, 5.41) is 11.6. The van der Waals surface area contributed by atoms with Crippen LogP contribution in [-0.4, -0.2) is 28.5 Å². The second-order valence-electron chi connectivity index (χ2n) is 3.81.